The van der Waals surface area contributed by atoms with Gasteiger partial charge in [0.05, 0.1) is 0 Å². The maximum absolute atomic E-state index is 13.1. The predicted octanol–water partition coefficient (Wildman–Crippen LogP) is 4.94. The first-order valence-corrected chi connectivity index (χ1v) is 6.77. The molecule has 1 heterocycles. The number of nitrogens with one attached hydrogen (secondary N) is 1. The summed E-state index contributed by atoms with van der Waals surface area (Å²) in [7, 11) is 0. The highest BCUT2D eigenvalue weighted by molar-refractivity contribution is 5.80. The first-order chi connectivity index (χ1) is 10.2. The first kappa shape index (κ1) is 13.3. The molecule has 0 aliphatic carbocycles. The van der Waals surface area contributed by atoms with Crippen molar-refractivity contribution in [2.24, 2.45) is 0 Å². The molecule has 0 radical (unpaired) electrons. The normalized spacial score (nSPS) is 10.4. The Morgan fingerprint density at radius 2 is 1.71 bits per heavy atom. The van der Waals surface area contributed by atoms with Gasteiger partial charge in [0, 0.05) is 17.4 Å². The minimum Gasteiger partial charge on any atom is -0.340 e. The lowest BCUT2D eigenvalue weighted by Gasteiger charge is -2.12. The van der Waals surface area contributed by atoms with Crippen LogP contribution in [-0.2, 0) is 0 Å². The second-order valence-corrected chi connectivity index (χ2v) is 4.90. The van der Waals surface area contributed by atoms with E-state index in [0.717, 1.165) is 28.2 Å². The summed E-state index contributed by atoms with van der Waals surface area (Å²) in [6, 6.07) is 18.4. The van der Waals surface area contributed by atoms with Crippen LogP contribution in [0.25, 0.3) is 11.1 Å². The maximum Gasteiger partial charge on any atom is 0.130 e. The summed E-state index contributed by atoms with van der Waals surface area (Å²) in [5.74, 6) is 0.564. The molecule has 0 fully saturated rings. The van der Waals surface area contributed by atoms with Crippen molar-refractivity contribution in [2.75, 3.05) is 5.32 Å². The van der Waals surface area contributed by atoms with Gasteiger partial charge in [-0.25, -0.2) is 9.37 Å². The zero-order chi connectivity index (χ0) is 14.7. The van der Waals surface area contributed by atoms with Crippen LogP contribution in [0.15, 0.2) is 66.9 Å². The van der Waals surface area contributed by atoms with Gasteiger partial charge in [-0.15, -0.1) is 0 Å². The van der Waals surface area contributed by atoms with E-state index in [1.54, 1.807) is 18.3 Å². The summed E-state index contributed by atoms with van der Waals surface area (Å²) in [6.45, 7) is 2.03. The minimum atomic E-state index is -0.232. The molecule has 0 amide bonds. The third-order valence-electron chi connectivity index (χ3n) is 3.26. The van der Waals surface area contributed by atoms with Crippen molar-refractivity contribution in [1.29, 1.82) is 0 Å². The SMILES string of the molecule is Cc1ccnc(Nc2ccccc2-c2ccc(F)cc2)c1. The van der Waals surface area contributed by atoms with E-state index in [4.69, 9.17) is 0 Å². The van der Waals surface area contributed by atoms with Crippen molar-refractivity contribution in [1.82, 2.24) is 4.98 Å². The number of anilines is 2. The highest BCUT2D eigenvalue weighted by Crippen LogP contribution is 2.29. The second-order valence-electron chi connectivity index (χ2n) is 4.90. The smallest absolute Gasteiger partial charge is 0.130 e. The van der Waals surface area contributed by atoms with Gasteiger partial charge in [-0.2, -0.15) is 0 Å². The van der Waals surface area contributed by atoms with Gasteiger partial charge in [0.15, 0.2) is 0 Å². The van der Waals surface area contributed by atoms with Crippen LogP contribution in [-0.4, -0.2) is 4.98 Å². The molecule has 2 nitrogen and oxygen atoms in total. The molecule has 1 aromatic heterocycles. The molecule has 2 aromatic carbocycles. The molecule has 0 unspecified atom stereocenters. The number of pyridine rings is 1. The van der Waals surface area contributed by atoms with Crippen molar-refractivity contribution in [3.63, 3.8) is 0 Å². The van der Waals surface area contributed by atoms with Crippen LogP contribution in [0.2, 0.25) is 0 Å². The fourth-order valence-corrected chi connectivity index (χ4v) is 2.22. The average Bonchev–Trinajstić information content (AvgIpc) is 2.49. The summed E-state index contributed by atoms with van der Waals surface area (Å²) in [5, 5.41) is 3.32. The Kier molecular flexibility index (Phi) is 3.65. The fraction of sp³-hybridized carbons (Fsp3) is 0.0556. The number of rotatable bonds is 3. The van der Waals surface area contributed by atoms with E-state index in [0.29, 0.717) is 0 Å². The number of hydrogen-bond donors (Lipinski definition) is 1. The average molecular weight is 278 g/mol. The zero-order valence-electron chi connectivity index (χ0n) is 11.7. The number of benzene rings is 2. The van der Waals surface area contributed by atoms with Crippen LogP contribution in [0.5, 0.6) is 0 Å². The van der Waals surface area contributed by atoms with Gasteiger partial charge in [-0.05, 0) is 48.4 Å². The van der Waals surface area contributed by atoms with Crippen LogP contribution < -0.4 is 5.32 Å². The standard InChI is InChI=1S/C18H15FN2/c1-13-10-11-20-18(12-13)21-17-5-3-2-4-16(17)14-6-8-15(19)9-7-14/h2-12H,1H3,(H,20,21). The summed E-state index contributed by atoms with van der Waals surface area (Å²) in [6.07, 6.45) is 1.78. The van der Waals surface area contributed by atoms with Gasteiger partial charge >= 0.3 is 0 Å². The van der Waals surface area contributed by atoms with E-state index in [9.17, 15) is 4.39 Å². The Morgan fingerprint density at radius 3 is 2.48 bits per heavy atom. The molecule has 3 rings (SSSR count). The molecule has 0 atom stereocenters. The van der Waals surface area contributed by atoms with Crippen molar-refractivity contribution in [3.8, 4) is 11.1 Å². The Balaban J connectivity index is 1.98. The van der Waals surface area contributed by atoms with Crippen LogP contribution in [0, 0.1) is 12.7 Å². The minimum absolute atomic E-state index is 0.232. The van der Waals surface area contributed by atoms with E-state index in [-0.39, 0.29) is 5.82 Å². The highest BCUT2D eigenvalue weighted by atomic mass is 19.1. The second kappa shape index (κ2) is 5.75. The maximum atomic E-state index is 13.1. The molecule has 0 bridgehead atoms. The molecule has 0 spiro atoms. The molecule has 0 saturated carbocycles. The molecule has 0 aliphatic heterocycles. The van der Waals surface area contributed by atoms with Crippen LogP contribution in [0.4, 0.5) is 15.9 Å². The number of para-hydroxylation sites is 1. The molecule has 0 saturated heterocycles. The molecule has 0 aliphatic rings. The van der Waals surface area contributed by atoms with Crippen LogP contribution in [0.3, 0.4) is 0 Å². The number of aromatic nitrogens is 1. The van der Waals surface area contributed by atoms with Gasteiger partial charge in [-0.1, -0.05) is 30.3 Å². The van der Waals surface area contributed by atoms with Crippen molar-refractivity contribution in [3.05, 3.63) is 78.2 Å². The largest absolute Gasteiger partial charge is 0.340 e. The van der Waals surface area contributed by atoms with E-state index in [2.05, 4.69) is 10.3 Å². The molecular formula is C18H15FN2. The third kappa shape index (κ3) is 3.08. The monoisotopic (exact) mass is 278 g/mol. The fourth-order valence-electron chi connectivity index (χ4n) is 2.22. The lowest BCUT2D eigenvalue weighted by atomic mass is 10.0. The zero-order valence-corrected chi connectivity index (χ0v) is 11.7. The molecule has 3 heteroatoms. The Hall–Kier alpha value is -2.68. The Labute approximate surface area is 123 Å². The van der Waals surface area contributed by atoms with E-state index in [1.807, 2.05) is 43.3 Å². The molecular weight excluding hydrogens is 263 g/mol. The summed E-state index contributed by atoms with van der Waals surface area (Å²) < 4.78 is 13.1. The molecule has 3 aromatic rings. The van der Waals surface area contributed by atoms with E-state index >= 15 is 0 Å². The topological polar surface area (TPSA) is 24.9 Å². The van der Waals surface area contributed by atoms with Crippen molar-refractivity contribution in [2.45, 2.75) is 6.92 Å². The molecule has 1 N–H and O–H groups in total. The van der Waals surface area contributed by atoms with Gasteiger partial charge < -0.3 is 5.32 Å². The third-order valence-corrected chi connectivity index (χ3v) is 3.26. The number of aryl methyl sites for hydroxylation is 1. The Morgan fingerprint density at radius 1 is 0.952 bits per heavy atom. The summed E-state index contributed by atoms with van der Waals surface area (Å²) in [4.78, 5) is 4.31. The van der Waals surface area contributed by atoms with Gasteiger partial charge in [0.25, 0.3) is 0 Å². The summed E-state index contributed by atoms with van der Waals surface area (Å²) in [5.41, 5.74) is 4.07. The number of nitrogens with zero attached hydrogens (tertiary/aromatic N) is 1. The van der Waals surface area contributed by atoms with E-state index < -0.39 is 0 Å². The molecule has 21 heavy (non-hydrogen) atoms. The van der Waals surface area contributed by atoms with Crippen molar-refractivity contribution >= 4 is 11.5 Å². The van der Waals surface area contributed by atoms with Crippen LogP contribution >= 0.6 is 0 Å². The lowest BCUT2D eigenvalue weighted by Crippen LogP contribution is -1.96. The van der Waals surface area contributed by atoms with Gasteiger partial charge in [-0.3, -0.25) is 0 Å². The predicted molar refractivity (Wildman–Crippen MR) is 84.1 cm³/mol. The van der Waals surface area contributed by atoms with Crippen molar-refractivity contribution < 1.29 is 4.39 Å². The number of hydrogen-bond acceptors (Lipinski definition) is 2. The quantitative estimate of drug-likeness (QED) is 0.734. The first-order valence-electron chi connectivity index (χ1n) is 6.77. The highest BCUT2D eigenvalue weighted by Gasteiger charge is 2.05. The molecule has 104 valence electrons. The lowest BCUT2D eigenvalue weighted by molar-refractivity contribution is 0.628. The summed E-state index contributed by atoms with van der Waals surface area (Å²) >= 11 is 0. The van der Waals surface area contributed by atoms with Gasteiger partial charge in [0.1, 0.15) is 11.6 Å². The van der Waals surface area contributed by atoms with E-state index in [1.165, 1.54) is 12.1 Å². The van der Waals surface area contributed by atoms with Crippen LogP contribution in [0.1, 0.15) is 5.56 Å². The number of halogens is 1. The van der Waals surface area contributed by atoms with Gasteiger partial charge in [0.2, 0.25) is 0 Å². The Bertz CT molecular complexity index is 751.